The van der Waals surface area contributed by atoms with Gasteiger partial charge in [0.1, 0.15) is 11.5 Å². The van der Waals surface area contributed by atoms with Crippen LogP contribution < -0.4 is 5.32 Å². The number of aromatic amines is 1. The lowest BCUT2D eigenvalue weighted by Gasteiger charge is -2.15. The smallest absolute Gasteiger partial charge is 0.124 e. The summed E-state index contributed by atoms with van der Waals surface area (Å²) in [4.78, 5) is 0. The summed E-state index contributed by atoms with van der Waals surface area (Å²) in [5, 5.41) is 28.9. The zero-order valence-electron chi connectivity index (χ0n) is 9.51. The van der Waals surface area contributed by atoms with Crippen LogP contribution in [-0.4, -0.2) is 20.4 Å². The lowest BCUT2D eigenvalue weighted by molar-refractivity contribution is 0.435. The molecule has 0 amide bonds. The number of aromatic hydroxyl groups is 2. The van der Waals surface area contributed by atoms with Gasteiger partial charge in [-0.3, -0.25) is 5.10 Å². The zero-order chi connectivity index (χ0) is 12.3. The summed E-state index contributed by atoms with van der Waals surface area (Å²) in [5.74, 6) is 0.154. The van der Waals surface area contributed by atoms with Crippen molar-refractivity contribution in [3.63, 3.8) is 0 Å². The Kier molecular flexibility index (Phi) is 3.30. The van der Waals surface area contributed by atoms with Gasteiger partial charge in [-0.15, -0.1) is 0 Å². The fourth-order valence-electron chi connectivity index (χ4n) is 1.65. The van der Waals surface area contributed by atoms with Crippen LogP contribution in [0.15, 0.2) is 30.5 Å². The minimum atomic E-state index is -0.0149. The summed E-state index contributed by atoms with van der Waals surface area (Å²) in [6, 6.07) is 6.47. The summed E-state index contributed by atoms with van der Waals surface area (Å²) in [5.41, 5.74) is 1.73. The van der Waals surface area contributed by atoms with Crippen LogP contribution >= 0.6 is 0 Å². The van der Waals surface area contributed by atoms with Gasteiger partial charge in [-0.1, -0.05) is 6.07 Å². The largest absolute Gasteiger partial charge is 0.508 e. The van der Waals surface area contributed by atoms with Gasteiger partial charge in [-0.25, -0.2) is 0 Å². The highest BCUT2D eigenvalue weighted by atomic mass is 16.3. The second kappa shape index (κ2) is 4.88. The average molecular weight is 233 g/mol. The third-order valence-electron chi connectivity index (χ3n) is 2.64. The maximum Gasteiger partial charge on any atom is 0.124 e. The second-order valence-electron chi connectivity index (χ2n) is 3.93. The predicted octanol–water partition coefficient (Wildman–Crippen LogP) is 1.67. The molecule has 1 unspecified atom stereocenters. The molecule has 0 radical (unpaired) electrons. The van der Waals surface area contributed by atoms with Crippen molar-refractivity contribution in [2.75, 3.05) is 0 Å². The summed E-state index contributed by atoms with van der Waals surface area (Å²) >= 11 is 0. The van der Waals surface area contributed by atoms with E-state index in [2.05, 4.69) is 15.5 Å². The number of hydrogen-bond donors (Lipinski definition) is 4. The standard InChI is InChI=1S/C12H15N3O2/c1-8(13-7-9-4-5-14-15-9)11-3-2-10(16)6-12(11)17/h2-6,8,13,16-17H,7H2,1H3,(H,14,15). The van der Waals surface area contributed by atoms with E-state index < -0.39 is 0 Å². The zero-order valence-corrected chi connectivity index (χ0v) is 9.51. The van der Waals surface area contributed by atoms with Crippen LogP contribution in [-0.2, 0) is 6.54 Å². The van der Waals surface area contributed by atoms with Crippen molar-refractivity contribution in [1.29, 1.82) is 0 Å². The van der Waals surface area contributed by atoms with Crippen LogP contribution in [0.1, 0.15) is 24.2 Å². The first kappa shape index (κ1) is 11.5. The van der Waals surface area contributed by atoms with Crippen molar-refractivity contribution in [2.24, 2.45) is 0 Å². The number of phenolic OH excluding ortho intramolecular Hbond substituents is 2. The molecule has 90 valence electrons. The Balaban J connectivity index is 2.01. The number of hydrogen-bond acceptors (Lipinski definition) is 4. The molecule has 0 aliphatic rings. The second-order valence-corrected chi connectivity index (χ2v) is 3.93. The van der Waals surface area contributed by atoms with E-state index in [0.29, 0.717) is 6.54 Å². The highest BCUT2D eigenvalue weighted by Gasteiger charge is 2.10. The molecule has 17 heavy (non-hydrogen) atoms. The molecule has 2 rings (SSSR count). The molecule has 4 N–H and O–H groups in total. The van der Waals surface area contributed by atoms with Gasteiger partial charge >= 0.3 is 0 Å². The normalized spacial score (nSPS) is 12.5. The SMILES string of the molecule is CC(NCc1ccn[nH]1)c1ccc(O)cc1O. The molecule has 1 atom stereocenters. The molecule has 0 spiro atoms. The number of phenols is 2. The summed E-state index contributed by atoms with van der Waals surface area (Å²) < 4.78 is 0. The molecule has 0 saturated heterocycles. The van der Waals surface area contributed by atoms with E-state index >= 15 is 0 Å². The van der Waals surface area contributed by atoms with Crippen molar-refractivity contribution in [3.8, 4) is 11.5 Å². The van der Waals surface area contributed by atoms with Gasteiger partial charge in [-0.05, 0) is 19.1 Å². The number of nitrogens with one attached hydrogen (secondary N) is 2. The van der Waals surface area contributed by atoms with Crippen LogP contribution in [0, 0.1) is 0 Å². The maximum absolute atomic E-state index is 9.70. The fourth-order valence-corrected chi connectivity index (χ4v) is 1.65. The van der Waals surface area contributed by atoms with Crippen molar-refractivity contribution in [2.45, 2.75) is 19.5 Å². The molecule has 0 aliphatic heterocycles. The maximum atomic E-state index is 9.70. The van der Waals surface area contributed by atoms with Gasteiger partial charge in [0.25, 0.3) is 0 Å². The van der Waals surface area contributed by atoms with Crippen LogP contribution in [0.3, 0.4) is 0 Å². The van der Waals surface area contributed by atoms with Crippen LogP contribution in [0.2, 0.25) is 0 Å². The lowest BCUT2D eigenvalue weighted by atomic mass is 10.1. The Bertz CT molecular complexity index is 483. The van der Waals surface area contributed by atoms with E-state index in [1.54, 1.807) is 18.3 Å². The molecular formula is C12H15N3O2. The highest BCUT2D eigenvalue weighted by Crippen LogP contribution is 2.27. The molecule has 0 bridgehead atoms. The van der Waals surface area contributed by atoms with E-state index in [1.165, 1.54) is 6.07 Å². The topological polar surface area (TPSA) is 81.2 Å². The van der Waals surface area contributed by atoms with Crippen molar-refractivity contribution < 1.29 is 10.2 Å². The molecule has 2 aromatic rings. The summed E-state index contributed by atoms with van der Waals surface area (Å²) in [7, 11) is 0. The van der Waals surface area contributed by atoms with E-state index in [9.17, 15) is 10.2 Å². The van der Waals surface area contributed by atoms with Crippen molar-refractivity contribution in [1.82, 2.24) is 15.5 Å². The Labute approximate surface area is 99.1 Å². The first-order chi connectivity index (χ1) is 8.16. The Morgan fingerprint density at radius 2 is 2.18 bits per heavy atom. The monoisotopic (exact) mass is 233 g/mol. The predicted molar refractivity (Wildman–Crippen MR) is 63.6 cm³/mol. The number of H-pyrrole nitrogens is 1. The van der Waals surface area contributed by atoms with Crippen molar-refractivity contribution in [3.05, 3.63) is 41.7 Å². The van der Waals surface area contributed by atoms with E-state index in [1.807, 2.05) is 13.0 Å². The Morgan fingerprint density at radius 1 is 1.35 bits per heavy atom. The number of rotatable bonds is 4. The summed E-state index contributed by atoms with van der Waals surface area (Å²) in [6.45, 7) is 2.59. The molecular weight excluding hydrogens is 218 g/mol. The third kappa shape index (κ3) is 2.76. The molecule has 1 heterocycles. The van der Waals surface area contributed by atoms with E-state index in [4.69, 9.17) is 0 Å². The van der Waals surface area contributed by atoms with Gasteiger partial charge in [0.05, 0.1) is 0 Å². The Morgan fingerprint density at radius 3 is 2.82 bits per heavy atom. The van der Waals surface area contributed by atoms with E-state index in [0.717, 1.165) is 11.3 Å². The Hall–Kier alpha value is -2.01. The molecule has 1 aromatic heterocycles. The van der Waals surface area contributed by atoms with Gasteiger partial charge < -0.3 is 15.5 Å². The van der Waals surface area contributed by atoms with Crippen LogP contribution in [0.4, 0.5) is 0 Å². The molecule has 0 saturated carbocycles. The van der Waals surface area contributed by atoms with Gasteiger partial charge in [0.2, 0.25) is 0 Å². The van der Waals surface area contributed by atoms with Gasteiger partial charge in [0, 0.05) is 36.1 Å². The lowest BCUT2D eigenvalue weighted by Crippen LogP contribution is -2.18. The van der Waals surface area contributed by atoms with E-state index in [-0.39, 0.29) is 17.5 Å². The minimum absolute atomic E-state index is 0.0149. The fraction of sp³-hybridized carbons (Fsp3) is 0.250. The van der Waals surface area contributed by atoms with Gasteiger partial charge in [0.15, 0.2) is 0 Å². The van der Waals surface area contributed by atoms with Gasteiger partial charge in [-0.2, -0.15) is 5.10 Å². The average Bonchev–Trinajstić information content (AvgIpc) is 2.78. The van der Waals surface area contributed by atoms with Crippen LogP contribution in [0.5, 0.6) is 11.5 Å². The van der Waals surface area contributed by atoms with Crippen LogP contribution in [0.25, 0.3) is 0 Å². The minimum Gasteiger partial charge on any atom is -0.508 e. The first-order valence-corrected chi connectivity index (χ1v) is 5.40. The highest BCUT2D eigenvalue weighted by molar-refractivity contribution is 5.40. The molecule has 0 aliphatic carbocycles. The molecule has 5 nitrogen and oxygen atoms in total. The molecule has 5 heteroatoms. The van der Waals surface area contributed by atoms with Crippen molar-refractivity contribution >= 4 is 0 Å². The summed E-state index contributed by atoms with van der Waals surface area (Å²) in [6.07, 6.45) is 1.69. The number of nitrogens with zero attached hydrogens (tertiary/aromatic N) is 1. The quantitative estimate of drug-likeness (QED) is 0.647. The molecule has 0 fully saturated rings. The molecule has 1 aromatic carbocycles. The number of aromatic nitrogens is 2. The third-order valence-corrected chi connectivity index (χ3v) is 2.64. The first-order valence-electron chi connectivity index (χ1n) is 5.40. The number of benzene rings is 1.